The Balaban J connectivity index is 2.03. The van der Waals surface area contributed by atoms with E-state index in [-0.39, 0.29) is 0 Å². The summed E-state index contributed by atoms with van der Waals surface area (Å²) < 4.78 is 22.7. The van der Waals surface area contributed by atoms with Crippen molar-refractivity contribution >= 4 is 15.9 Å². The van der Waals surface area contributed by atoms with Crippen LogP contribution in [0.4, 0.5) is 0 Å². The van der Waals surface area contributed by atoms with Crippen molar-refractivity contribution < 1.29 is 8.42 Å². The highest BCUT2D eigenvalue weighted by atomic mass is 32.2. The third-order valence-electron chi connectivity index (χ3n) is 3.48. The van der Waals surface area contributed by atoms with Crippen LogP contribution in [0.3, 0.4) is 0 Å². The molecule has 1 aromatic rings. The summed E-state index contributed by atoms with van der Waals surface area (Å²) in [4.78, 5) is 0.370. The first-order valence-electron chi connectivity index (χ1n) is 6.69. The van der Waals surface area contributed by atoms with Crippen molar-refractivity contribution in [2.45, 2.75) is 43.2 Å². The van der Waals surface area contributed by atoms with Gasteiger partial charge in [0.15, 0.2) is 9.84 Å². The fourth-order valence-electron chi connectivity index (χ4n) is 2.38. The van der Waals surface area contributed by atoms with E-state index in [9.17, 15) is 8.42 Å². The van der Waals surface area contributed by atoms with E-state index in [0.717, 1.165) is 5.56 Å². The van der Waals surface area contributed by atoms with Gasteiger partial charge in [0.1, 0.15) is 0 Å². The molecule has 0 radical (unpaired) electrons. The third kappa shape index (κ3) is 4.18. The maximum Gasteiger partial charge on any atom is 0.175 e. The summed E-state index contributed by atoms with van der Waals surface area (Å²) in [5.74, 6) is 0. The molecule has 1 N–H and O–H groups in total. The third-order valence-corrected chi connectivity index (χ3v) is 4.61. The Morgan fingerprint density at radius 3 is 2.47 bits per heavy atom. The maximum atomic E-state index is 11.4. The standard InChI is InChI=1S/C15H21NO2S/c1-12-4-3-5-14(16-12)9-6-13-7-10-15(11-8-13)19(2,17)18/h6-12,14,16H,3-5H2,1-2H3/b9-6+. The lowest BCUT2D eigenvalue weighted by Crippen LogP contribution is -2.39. The molecule has 0 amide bonds. The molecule has 1 saturated heterocycles. The van der Waals surface area contributed by atoms with E-state index in [4.69, 9.17) is 0 Å². The molecule has 1 aromatic carbocycles. The Hall–Kier alpha value is -1.13. The predicted molar refractivity (Wildman–Crippen MR) is 78.8 cm³/mol. The van der Waals surface area contributed by atoms with E-state index >= 15 is 0 Å². The van der Waals surface area contributed by atoms with E-state index in [2.05, 4.69) is 24.4 Å². The molecule has 3 nitrogen and oxygen atoms in total. The average molecular weight is 279 g/mol. The van der Waals surface area contributed by atoms with Crippen LogP contribution in [0.5, 0.6) is 0 Å². The topological polar surface area (TPSA) is 46.2 Å². The van der Waals surface area contributed by atoms with Crippen molar-refractivity contribution in [2.75, 3.05) is 6.26 Å². The molecule has 1 heterocycles. The SMILES string of the molecule is CC1CCCC(/C=C/c2ccc(S(C)(=O)=O)cc2)N1. The van der Waals surface area contributed by atoms with Crippen LogP contribution < -0.4 is 5.32 Å². The quantitative estimate of drug-likeness (QED) is 0.925. The zero-order valence-corrected chi connectivity index (χ0v) is 12.3. The number of hydrogen-bond donors (Lipinski definition) is 1. The van der Waals surface area contributed by atoms with Crippen LogP contribution in [0.15, 0.2) is 35.2 Å². The summed E-state index contributed by atoms with van der Waals surface area (Å²) >= 11 is 0. The lowest BCUT2D eigenvalue weighted by atomic mass is 9.99. The van der Waals surface area contributed by atoms with E-state index in [1.807, 2.05) is 12.1 Å². The van der Waals surface area contributed by atoms with Gasteiger partial charge in [0.2, 0.25) is 0 Å². The fraction of sp³-hybridized carbons (Fsp3) is 0.467. The van der Waals surface area contributed by atoms with Gasteiger partial charge in [-0.1, -0.05) is 30.7 Å². The highest BCUT2D eigenvalue weighted by molar-refractivity contribution is 7.90. The van der Waals surface area contributed by atoms with Crippen molar-refractivity contribution in [3.05, 3.63) is 35.9 Å². The zero-order chi connectivity index (χ0) is 13.9. The second-order valence-corrected chi connectivity index (χ2v) is 7.32. The minimum Gasteiger partial charge on any atom is -0.308 e. The second kappa shape index (κ2) is 5.88. The number of piperidine rings is 1. The minimum absolute atomic E-state index is 0.370. The van der Waals surface area contributed by atoms with Crippen LogP contribution in [0, 0.1) is 0 Å². The number of rotatable bonds is 3. The first-order chi connectivity index (χ1) is 8.95. The van der Waals surface area contributed by atoms with E-state index in [1.165, 1.54) is 25.5 Å². The van der Waals surface area contributed by atoms with Gasteiger partial charge in [0.25, 0.3) is 0 Å². The zero-order valence-electron chi connectivity index (χ0n) is 11.5. The Morgan fingerprint density at radius 2 is 1.89 bits per heavy atom. The highest BCUT2D eigenvalue weighted by Crippen LogP contribution is 2.15. The lowest BCUT2D eigenvalue weighted by molar-refractivity contribution is 0.375. The van der Waals surface area contributed by atoms with Crippen molar-refractivity contribution in [2.24, 2.45) is 0 Å². The van der Waals surface area contributed by atoms with E-state index < -0.39 is 9.84 Å². The molecule has 2 unspecified atom stereocenters. The molecule has 0 bridgehead atoms. The largest absolute Gasteiger partial charge is 0.308 e. The Bertz CT molecular complexity index is 546. The Kier molecular flexibility index (Phi) is 4.42. The van der Waals surface area contributed by atoms with Gasteiger partial charge in [-0.05, 0) is 37.5 Å². The smallest absolute Gasteiger partial charge is 0.175 e. The summed E-state index contributed by atoms with van der Waals surface area (Å²) in [7, 11) is -3.10. The molecule has 0 saturated carbocycles. The van der Waals surface area contributed by atoms with Crippen molar-refractivity contribution in [1.82, 2.24) is 5.32 Å². The highest BCUT2D eigenvalue weighted by Gasteiger charge is 2.14. The molecule has 2 rings (SSSR count). The maximum absolute atomic E-state index is 11.4. The normalized spacial score (nSPS) is 24.7. The molecule has 1 aliphatic heterocycles. The number of nitrogens with one attached hydrogen (secondary N) is 1. The molecule has 104 valence electrons. The first-order valence-corrected chi connectivity index (χ1v) is 8.59. The van der Waals surface area contributed by atoms with Crippen molar-refractivity contribution in [3.8, 4) is 0 Å². The van der Waals surface area contributed by atoms with Crippen LogP contribution in [0.25, 0.3) is 6.08 Å². The molecular weight excluding hydrogens is 258 g/mol. The first kappa shape index (κ1) is 14.3. The van der Waals surface area contributed by atoms with Gasteiger partial charge in [0, 0.05) is 18.3 Å². The Labute approximate surface area is 115 Å². The van der Waals surface area contributed by atoms with Gasteiger partial charge in [-0.25, -0.2) is 8.42 Å². The minimum atomic E-state index is -3.10. The van der Waals surface area contributed by atoms with Crippen LogP contribution in [0.2, 0.25) is 0 Å². The molecule has 19 heavy (non-hydrogen) atoms. The van der Waals surface area contributed by atoms with Gasteiger partial charge < -0.3 is 5.32 Å². The fourth-order valence-corrected chi connectivity index (χ4v) is 3.01. The molecule has 4 heteroatoms. The average Bonchev–Trinajstić information content (AvgIpc) is 2.36. The van der Waals surface area contributed by atoms with Gasteiger partial charge in [-0.15, -0.1) is 0 Å². The summed E-state index contributed by atoms with van der Waals surface area (Å²) in [5, 5.41) is 3.54. The molecule has 0 aromatic heterocycles. The molecule has 1 fully saturated rings. The monoisotopic (exact) mass is 279 g/mol. The molecule has 0 spiro atoms. The molecule has 1 aliphatic rings. The van der Waals surface area contributed by atoms with Gasteiger partial charge in [0.05, 0.1) is 4.90 Å². The van der Waals surface area contributed by atoms with Crippen LogP contribution in [-0.2, 0) is 9.84 Å². The van der Waals surface area contributed by atoms with E-state index in [0.29, 0.717) is 17.0 Å². The van der Waals surface area contributed by atoms with Crippen molar-refractivity contribution in [1.29, 1.82) is 0 Å². The molecular formula is C15H21NO2S. The van der Waals surface area contributed by atoms with Crippen molar-refractivity contribution in [3.63, 3.8) is 0 Å². The molecule has 2 atom stereocenters. The summed E-state index contributed by atoms with van der Waals surface area (Å²) in [6, 6.07) is 8.02. The number of sulfone groups is 1. The second-order valence-electron chi connectivity index (χ2n) is 5.31. The summed E-state index contributed by atoms with van der Waals surface area (Å²) in [5.41, 5.74) is 1.03. The summed E-state index contributed by atoms with van der Waals surface area (Å²) in [6.07, 6.45) is 9.13. The number of hydrogen-bond acceptors (Lipinski definition) is 3. The van der Waals surface area contributed by atoms with Crippen LogP contribution in [-0.4, -0.2) is 26.8 Å². The van der Waals surface area contributed by atoms with Gasteiger partial charge in [-0.2, -0.15) is 0 Å². The van der Waals surface area contributed by atoms with E-state index in [1.54, 1.807) is 12.1 Å². The van der Waals surface area contributed by atoms with Crippen LogP contribution >= 0.6 is 0 Å². The van der Waals surface area contributed by atoms with Gasteiger partial charge in [-0.3, -0.25) is 0 Å². The van der Waals surface area contributed by atoms with Gasteiger partial charge >= 0.3 is 0 Å². The Morgan fingerprint density at radius 1 is 1.21 bits per heavy atom. The summed E-state index contributed by atoms with van der Waals surface area (Å²) in [6.45, 7) is 2.21. The predicted octanol–water partition coefficient (Wildman–Crippen LogP) is 2.63. The lowest BCUT2D eigenvalue weighted by Gasteiger charge is -2.26. The molecule has 0 aliphatic carbocycles. The van der Waals surface area contributed by atoms with Crippen LogP contribution in [0.1, 0.15) is 31.7 Å². The number of benzene rings is 1.